The number of nitrogens with zero attached hydrogens (tertiary/aromatic N) is 3. The van der Waals surface area contributed by atoms with Crippen LogP contribution in [0.3, 0.4) is 0 Å². The van der Waals surface area contributed by atoms with Crippen molar-refractivity contribution in [1.82, 2.24) is 19.7 Å². The third-order valence-electron chi connectivity index (χ3n) is 2.90. The number of nitrogens with one attached hydrogen (secondary N) is 1. The van der Waals surface area contributed by atoms with Crippen LogP contribution in [0.1, 0.15) is 10.5 Å². The number of nitrogens with two attached hydrogens (primary N) is 1. The van der Waals surface area contributed by atoms with Crippen LogP contribution in [0.25, 0.3) is 22.4 Å². The van der Waals surface area contributed by atoms with Gasteiger partial charge in [0, 0.05) is 11.6 Å². The lowest BCUT2D eigenvalue weighted by atomic mass is 10.2. The molecule has 0 aliphatic heterocycles. The van der Waals surface area contributed by atoms with E-state index in [2.05, 4.69) is 15.2 Å². The van der Waals surface area contributed by atoms with E-state index in [4.69, 9.17) is 10.8 Å². The number of primary amides is 1. The van der Waals surface area contributed by atoms with Crippen molar-refractivity contribution >= 4 is 23.0 Å². The summed E-state index contributed by atoms with van der Waals surface area (Å²) >= 11 is 0. The predicted octanol–water partition coefficient (Wildman–Crippen LogP) is 1.05. The number of pyridine rings is 1. The fraction of sp³-hybridized carbons (Fsp3) is 0. The van der Waals surface area contributed by atoms with Crippen LogP contribution in [0.2, 0.25) is 0 Å². The highest BCUT2D eigenvalue weighted by Crippen LogP contribution is 2.26. The van der Waals surface area contributed by atoms with Crippen LogP contribution < -0.4 is 5.73 Å². The van der Waals surface area contributed by atoms with E-state index < -0.39 is 12.0 Å². The maximum atomic E-state index is 11.5. The van der Waals surface area contributed by atoms with Gasteiger partial charge in [0.1, 0.15) is 11.4 Å². The molecule has 3 heterocycles. The Morgan fingerprint density at radius 2 is 2.10 bits per heavy atom. The summed E-state index contributed by atoms with van der Waals surface area (Å²) in [6.45, 7) is 0. The van der Waals surface area contributed by atoms with Gasteiger partial charge in [-0.05, 0) is 24.3 Å². The second-order valence-corrected chi connectivity index (χ2v) is 4.05. The minimum Gasteiger partial charge on any atom is -0.477 e. The Hall–Kier alpha value is -3.16. The van der Waals surface area contributed by atoms with Crippen molar-refractivity contribution in [3.05, 3.63) is 36.2 Å². The summed E-state index contributed by atoms with van der Waals surface area (Å²) in [4.78, 5) is 26.7. The van der Waals surface area contributed by atoms with Gasteiger partial charge in [0.05, 0.1) is 5.69 Å². The highest BCUT2D eigenvalue weighted by Gasteiger charge is 2.21. The monoisotopic (exact) mass is 271 g/mol. The Labute approximate surface area is 111 Å². The summed E-state index contributed by atoms with van der Waals surface area (Å²) in [5.41, 5.74) is 6.29. The molecule has 100 valence electrons. The molecule has 20 heavy (non-hydrogen) atoms. The number of fused-ring (bicyclic) bond motifs is 1. The van der Waals surface area contributed by atoms with Gasteiger partial charge in [-0.25, -0.2) is 14.6 Å². The molecule has 0 aliphatic rings. The summed E-state index contributed by atoms with van der Waals surface area (Å²) in [5, 5.41) is 16.5. The number of hydrogen-bond donors (Lipinski definition) is 3. The van der Waals surface area contributed by atoms with Gasteiger partial charge in [0.2, 0.25) is 0 Å². The number of hydrogen-bond acceptors (Lipinski definition) is 4. The van der Waals surface area contributed by atoms with E-state index in [0.717, 1.165) is 4.57 Å². The smallest absolute Gasteiger partial charge is 0.353 e. The number of carboxylic acids is 1. The highest BCUT2D eigenvalue weighted by molar-refractivity contribution is 5.98. The Morgan fingerprint density at radius 1 is 1.30 bits per heavy atom. The summed E-state index contributed by atoms with van der Waals surface area (Å²) in [5.74, 6) is -1.24. The molecule has 3 aromatic heterocycles. The third kappa shape index (κ3) is 1.62. The van der Waals surface area contributed by atoms with E-state index in [1.807, 2.05) is 0 Å². The molecule has 8 heteroatoms. The van der Waals surface area contributed by atoms with E-state index in [9.17, 15) is 9.59 Å². The van der Waals surface area contributed by atoms with Crippen LogP contribution in [0.5, 0.6) is 0 Å². The minimum absolute atomic E-state index is 0.215. The van der Waals surface area contributed by atoms with Gasteiger partial charge in [0.15, 0.2) is 5.65 Å². The van der Waals surface area contributed by atoms with Gasteiger partial charge in [-0.3, -0.25) is 9.67 Å². The van der Waals surface area contributed by atoms with Crippen LogP contribution in [-0.4, -0.2) is 36.9 Å². The number of aromatic nitrogens is 4. The standard InChI is InChI=1S/C12H9N5O3/c13-12(20)17-7(3-4-8(17)11(18)19)9-6-2-1-5-14-10(6)16-15-9/h1-5H,(H2,13,20)(H,18,19)(H,14,15,16). The second-order valence-electron chi connectivity index (χ2n) is 4.05. The third-order valence-corrected chi connectivity index (χ3v) is 2.90. The molecule has 4 N–H and O–H groups in total. The number of aromatic amines is 1. The molecule has 0 saturated heterocycles. The molecule has 0 spiro atoms. The Bertz CT molecular complexity index is 833. The van der Waals surface area contributed by atoms with Crippen LogP contribution in [0, 0.1) is 0 Å². The van der Waals surface area contributed by atoms with E-state index in [-0.39, 0.29) is 5.69 Å². The molecular formula is C12H9N5O3. The van der Waals surface area contributed by atoms with Gasteiger partial charge in [0.25, 0.3) is 0 Å². The number of aromatic carboxylic acids is 1. The van der Waals surface area contributed by atoms with Crippen molar-refractivity contribution in [1.29, 1.82) is 0 Å². The first kappa shape index (κ1) is 11.9. The van der Waals surface area contributed by atoms with Crippen LogP contribution in [0.15, 0.2) is 30.5 Å². The molecule has 0 aliphatic carbocycles. The maximum Gasteiger partial charge on any atom is 0.353 e. The number of carbonyl (C=O) groups excluding carboxylic acids is 1. The average Bonchev–Trinajstić information content (AvgIpc) is 3.01. The lowest BCUT2D eigenvalue weighted by molar-refractivity contribution is 0.0687. The molecule has 0 bridgehead atoms. The number of carbonyl (C=O) groups is 2. The van der Waals surface area contributed by atoms with Gasteiger partial charge in [-0.15, -0.1) is 0 Å². The molecular weight excluding hydrogens is 262 g/mol. The fourth-order valence-corrected chi connectivity index (χ4v) is 2.08. The van der Waals surface area contributed by atoms with Gasteiger partial charge >= 0.3 is 12.0 Å². The van der Waals surface area contributed by atoms with Crippen molar-refractivity contribution in [3.8, 4) is 11.4 Å². The minimum atomic E-state index is -1.24. The molecule has 3 aromatic rings. The topological polar surface area (TPSA) is 127 Å². The van der Waals surface area contributed by atoms with Crippen molar-refractivity contribution in [2.24, 2.45) is 5.73 Å². The second kappa shape index (κ2) is 4.19. The van der Waals surface area contributed by atoms with Crippen LogP contribution in [-0.2, 0) is 0 Å². The molecule has 0 aromatic carbocycles. The van der Waals surface area contributed by atoms with Crippen molar-refractivity contribution in [3.63, 3.8) is 0 Å². The van der Waals surface area contributed by atoms with Crippen molar-refractivity contribution in [2.45, 2.75) is 0 Å². The number of H-pyrrole nitrogens is 1. The molecule has 0 unspecified atom stereocenters. The number of rotatable bonds is 2. The molecule has 3 rings (SSSR count). The Morgan fingerprint density at radius 3 is 2.80 bits per heavy atom. The molecule has 0 atom stereocenters. The zero-order chi connectivity index (χ0) is 14.3. The molecule has 0 fully saturated rings. The molecule has 1 amide bonds. The van der Waals surface area contributed by atoms with Gasteiger partial charge in [-0.2, -0.15) is 5.10 Å². The van der Waals surface area contributed by atoms with Gasteiger partial charge < -0.3 is 10.8 Å². The van der Waals surface area contributed by atoms with Gasteiger partial charge in [-0.1, -0.05) is 0 Å². The summed E-state index contributed by atoms with van der Waals surface area (Å²) in [6, 6.07) is 5.38. The zero-order valence-corrected chi connectivity index (χ0v) is 10.1. The number of carboxylic acid groups (broad SMARTS) is 1. The van der Waals surface area contributed by atoms with E-state index in [1.165, 1.54) is 12.1 Å². The van der Waals surface area contributed by atoms with Crippen molar-refractivity contribution < 1.29 is 14.7 Å². The lowest BCUT2D eigenvalue weighted by Crippen LogP contribution is -2.24. The van der Waals surface area contributed by atoms with Crippen LogP contribution in [0.4, 0.5) is 4.79 Å². The number of amides is 1. The maximum absolute atomic E-state index is 11.5. The molecule has 0 saturated carbocycles. The first-order valence-corrected chi connectivity index (χ1v) is 5.64. The summed E-state index contributed by atoms with van der Waals surface area (Å²) in [7, 11) is 0. The highest BCUT2D eigenvalue weighted by atomic mass is 16.4. The normalized spacial score (nSPS) is 10.8. The SMILES string of the molecule is NC(=O)n1c(C(=O)O)ccc1-c1n[nH]c2ncccc12. The first-order valence-electron chi connectivity index (χ1n) is 5.64. The van der Waals surface area contributed by atoms with E-state index >= 15 is 0 Å². The Balaban J connectivity index is 2.30. The predicted molar refractivity (Wildman–Crippen MR) is 69.3 cm³/mol. The summed E-state index contributed by atoms with van der Waals surface area (Å²) < 4.78 is 0.908. The van der Waals surface area contributed by atoms with E-state index in [0.29, 0.717) is 22.4 Å². The molecule has 0 radical (unpaired) electrons. The molecule has 8 nitrogen and oxygen atoms in total. The van der Waals surface area contributed by atoms with Crippen molar-refractivity contribution in [2.75, 3.05) is 0 Å². The quantitative estimate of drug-likeness (QED) is 0.642. The fourth-order valence-electron chi connectivity index (χ4n) is 2.08. The summed E-state index contributed by atoms with van der Waals surface area (Å²) in [6.07, 6.45) is 1.60. The zero-order valence-electron chi connectivity index (χ0n) is 10.1. The first-order chi connectivity index (χ1) is 9.59. The van der Waals surface area contributed by atoms with Crippen LogP contribution >= 0.6 is 0 Å². The largest absolute Gasteiger partial charge is 0.477 e. The van der Waals surface area contributed by atoms with E-state index in [1.54, 1.807) is 18.3 Å². The lowest BCUT2D eigenvalue weighted by Gasteiger charge is -2.05. The Kier molecular flexibility index (Phi) is 2.50. The average molecular weight is 271 g/mol.